The average Bonchev–Trinajstić information content (AvgIpc) is 2.64. The van der Waals surface area contributed by atoms with Crippen LogP contribution < -0.4 is 10.6 Å². The van der Waals surface area contributed by atoms with E-state index in [2.05, 4.69) is 71.3 Å². The number of benzene rings is 4. The molecule has 0 aliphatic carbocycles. The van der Waals surface area contributed by atoms with E-state index in [4.69, 9.17) is 0 Å². The molecule has 0 saturated heterocycles. The monoisotopic (exact) mass is 310 g/mol. The molecule has 0 aromatic heterocycles. The van der Waals surface area contributed by atoms with Gasteiger partial charge in [-0.3, -0.25) is 0 Å². The summed E-state index contributed by atoms with van der Waals surface area (Å²) in [5.41, 5.74) is 4.38. The quantitative estimate of drug-likeness (QED) is 0.460. The molecule has 4 aromatic rings. The maximum atomic E-state index is 3.43. The van der Waals surface area contributed by atoms with E-state index in [0.29, 0.717) is 0 Å². The molecule has 0 unspecified atom stereocenters. The van der Waals surface area contributed by atoms with Crippen LogP contribution >= 0.6 is 0 Å². The van der Waals surface area contributed by atoms with Crippen LogP contribution in [0.15, 0.2) is 97.1 Å². The molecule has 0 amide bonds. The van der Waals surface area contributed by atoms with Crippen molar-refractivity contribution < 1.29 is 0 Å². The topological polar surface area (TPSA) is 24.1 Å². The summed E-state index contributed by atoms with van der Waals surface area (Å²) >= 11 is 0. The zero-order valence-electron chi connectivity index (χ0n) is 13.2. The van der Waals surface area contributed by atoms with E-state index in [9.17, 15) is 0 Å². The molecule has 0 aliphatic rings. The molecule has 0 heterocycles. The first-order valence-electron chi connectivity index (χ1n) is 8.05. The number of rotatable bonds is 4. The first-order chi connectivity index (χ1) is 11.9. The van der Waals surface area contributed by atoms with Gasteiger partial charge < -0.3 is 10.6 Å². The summed E-state index contributed by atoms with van der Waals surface area (Å²) in [4.78, 5) is 0. The Morgan fingerprint density at radius 1 is 0.375 bits per heavy atom. The van der Waals surface area contributed by atoms with E-state index in [-0.39, 0.29) is 0 Å². The van der Waals surface area contributed by atoms with Crippen LogP contribution in [-0.2, 0) is 0 Å². The molecule has 0 atom stereocenters. The van der Waals surface area contributed by atoms with Gasteiger partial charge in [-0.05, 0) is 59.3 Å². The van der Waals surface area contributed by atoms with Gasteiger partial charge in [-0.1, -0.05) is 48.5 Å². The summed E-state index contributed by atoms with van der Waals surface area (Å²) in [7, 11) is 0. The number of para-hydroxylation sites is 2. The first kappa shape index (κ1) is 14.3. The SMILES string of the molecule is c1ccc(Nc2ccc3cc(Nc4ccccc4)ccc3c2)cc1. The molecule has 0 fully saturated rings. The molecule has 24 heavy (non-hydrogen) atoms. The fourth-order valence-electron chi connectivity index (χ4n) is 2.78. The first-order valence-corrected chi connectivity index (χ1v) is 8.05. The second-order valence-electron chi connectivity index (χ2n) is 5.76. The van der Waals surface area contributed by atoms with Crippen LogP contribution in [0.2, 0.25) is 0 Å². The fourth-order valence-corrected chi connectivity index (χ4v) is 2.78. The Kier molecular flexibility index (Phi) is 3.86. The maximum Gasteiger partial charge on any atom is 0.0390 e. The van der Waals surface area contributed by atoms with Gasteiger partial charge >= 0.3 is 0 Å². The molecular weight excluding hydrogens is 292 g/mol. The Balaban J connectivity index is 1.59. The highest BCUT2D eigenvalue weighted by Gasteiger charge is 2.00. The highest BCUT2D eigenvalue weighted by atomic mass is 14.9. The summed E-state index contributed by atoms with van der Waals surface area (Å²) < 4.78 is 0. The summed E-state index contributed by atoms with van der Waals surface area (Å²) in [6, 6.07) is 33.3. The molecule has 2 nitrogen and oxygen atoms in total. The fraction of sp³-hybridized carbons (Fsp3) is 0. The van der Waals surface area contributed by atoms with E-state index in [1.165, 1.54) is 10.8 Å². The largest absolute Gasteiger partial charge is 0.356 e. The van der Waals surface area contributed by atoms with Crippen molar-refractivity contribution >= 4 is 33.5 Å². The summed E-state index contributed by atoms with van der Waals surface area (Å²) in [6.45, 7) is 0. The Hall–Kier alpha value is -3.26. The lowest BCUT2D eigenvalue weighted by atomic mass is 10.1. The lowest BCUT2D eigenvalue weighted by Gasteiger charge is -2.10. The number of hydrogen-bond donors (Lipinski definition) is 2. The van der Waals surface area contributed by atoms with Crippen LogP contribution in [0, 0.1) is 0 Å². The van der Waals surface area contributed by atoms with Crippen molar-refractivity contribution in [3.05, 3.63) is 97.1 Å². The third kappa shape index (κ3) is 3.23. The second kappa shape index (κ2) is 6.47. The summed E-state index contributed by atoms with van der Waals surface area (Å²) in [6.07, 6.45) is 0. The minimum absolute atomic E-state index is 1.09. The van der Waals surface area contributed by atoms with Gasteiger partial charge in [0.2, 0.25) is 0 Å². The van der Waals surface area contributed by atoms with Gasteiger partial charge in [0, 0.05) is 22.7 Å². The summed E-state index contributed by atoms with van der Waals surface area (Å²) in [5, 5.41) is 9.30. The summed E-state index contributed by atoms with van der Waals surface area (Å²) in [5.74, 6) is 0. The number of nitrogens with one attached hydrogen (secondary N) is 2. The molecule has 4 aromatic carbocycles. The van der Waals surface area contributed by atoms with Crippen molar-refractivity contribution in [1.29, 1.82) is 0 Å². The van der Waals surface area contributed by atoms with Crippen molar-refractivity contribution in [3.63, 3.8) is 0 Å². The number of hydrogen-bond acceptors (Lipinski definition) is 2. The molecular formula is C22H18N2. The van der Waals surface area contributed by atoms with Crippen LogP contribution in [-0.4, -0.2) is 0 Å². The van der Waals surface area contributed by atoms with Crippen molar-refractivity contribution in [2.24, 2.45) is 0 Å². The van der Waals surface area contributed by atoms with Crippen LogP contribution in [0.3, 0.4) is 0 Å². The van der Waals surface area contributed by atoms with Crippen LogP contribution in [0.25, 0.3) is 10.8 Å². The third-order valence-corrected chi connectivity index (χ3v) is 3.97. The van der Waals surface area contributed by atoms with Gasteiger partial charge in [0.05, 0.1) is 0 Å². The molecule has 2 heteroatoms. The standard InChI is InChI=1S/C22H18N2/c1-3-7-19(8-4-1)23-21-13-11-18-16-22(14-12-17(18)15-21)24-20-9-5-2-6-10-20/h1-16,23-24H. The van der Waals surface area contributed by atoms with E-state index in [1.807, 2.05) is 36.4 Å². The van der Waals surface area contributed by atoms with E-state index < -0.39 is 0 Å². The molecule has 116 valence electrons. The molecule has 0 saturated carbocycles. The molecule has 0 radical (unpaired) electrons. The Bertz CT molecular complexity index is 866. The van der Waals surface area contributed by atoms with Gasteiger partial charge in [-0.2, -0.15) is 0 Å². The highest BCUT2D eigenvalue weighted by Crippen LogP contribution is 2.26. The maximum absolute atomic E-state index is 3.43. The molecule has 0 bridgehead atoms. The average molecular weight is 310 g/mol. The normalized spacial score (nSPS) is 10.5. The minimum Gasteiger partial charge on any atom is -0.356 e. The minimum atomic E-state index is 1.09. The molecule has 0 spiro atoms. The lowest BCUT2D eigenvalue weighted by Crippen LogP contribution is -1.91. The second-order valence-corrected chi connectivity index (χ2v) is 5.76. The molecule has 0 aliphatic heterocycles. The predicted octanol–water partition coefficient (Wildman–Crippen LogP) is 6.33. The Morgan fingerprint density at radius 3 is 1.21 bits per heavy atom. The van der Waals surface area contributed by atoms with Gasteiger partial charge in [0.15, 0.2) is 0 Å². The highest BCUT2D eigenvalue weighted by molar-refractivity contribution is 5.89. The molecule has 4 rings (SSSR count). The predicted molar refractivity (Wildman–Crippen MR) is 103 cm³/mol. The van der Waals surface area contributed by atoms with Gasteiger partial charge in [-0.15, -0.1) is 0 Å². The van der Waals surface area contributed by atoms with Crippen molar-refractivity contribution in [1.82, 2.24) is 0 Å². The zero-order chi connectivity index (χ0) is 16.2. The van der Waals surface area contributed by atoms with E-state index >= 15 is 0 Å². The van der Waals surface area contributed by atoms with E-state index in [1.54, 1.807) is 0 Å². The Morgan fingerprint density at radius 2 is 0.792 bits per heavy atom. The lowest BCUT2D eigenvalue weighted by molar-refractivity contribution is 1.55. The van der Waals surface area contributed by atoms with Crippen molar-refractivity contribution in [3.8, 4) is 0 Å². The third-order valence-electron chi connectivity index (χ3n) is 3.97. The van der Waals surface area contributed by atoms with Gasteiger partial charge in [0.1, 0.15) is 0 Å². The van der Waals surface area contributed by atoms with Crippen molar-refractivity contribution in [2.45, 2.75) is 0 Å². The van der Waals surface area contributed by atoms with Crippen LogP contribution in [0.5, 0.6) is 0 Å². The number of anilines is 4. The van der Waals surface area contributed by atoms with Crippen LogP contribution in [0.1, 0.15) is 0 Å². The van der Waals surface area contributed by atoms with Crippen molar-refractivity contribution in [2.75, 3.05) is 10.6 Å². The van der Waals surface area contributed by atoms with Gasteiger partial charge in [-0.25, -0.2) is 0 Å². The van der Waals surface area contributed by atoms with Crippen LogP contribution in [0.4, 0.5) is 22.7 Å². The Labute approximate surface area is 141 Å². The van der Waals surface area contributed by atoms with E-state index in [0.717, 1.165) is 22.7 Å². The smallest absolute Gasteiger partial charge is 0.0390 e. The zero-order valence-corrected chi connectivity index (χ0v) is 13.2. The number of fused-ring (bicyclic) bond motifs is 1. The molecule has 2 N–H and O–H groups in total. The van der Waals surface area contributed by atoms with Gasteiger partial charge in [0.25, 0.3) is 0 Å².